The van der Waals surface area contributed by atoms with Crippen molar-refractivity contribution in [2.75, 3.05) is 20.2 Å². The molecule has 0 saturated carbocycles. The molecule has 0 aliphatic carbocycles. The molecule has 0 fully saturated rings. The highest BCUT2D eigenvalue weighted by Crippen LogP contribution is 2.15. The number of nitrogens with one attached hydrogen (secondary N) is 1. The van der Waals surface area contributed by atoms with Crippen LogP contribution in [0, 0.1) is 6.92 Å². The summed E-state index contributed by atoms with van der Waals surface area (Å²) in [5, 5.41) is 0.728. The topological polar surface area (TPSA) is 41.2 Å². The summed E-state index contributed by atoms with van der Waals surface area (Å²) in [4.78, 5) is 9.76. The van der Waals surface area contributed by atoms with Crippen LogP contribution in [0.5, 0.6) is 5.75 Å². The number of H-pyrrole nitrogens is 1. The predicted molar refractivity (Wildman–Crippen MR) is 81.2 cm³/mol. The number of imidazole rings is 1. The number of ether oxygens (including phenoxy) is 1. The van der Waals surface area contributed by atoms with Crippen molar-refractivity contribution in [3.63, 3.8) is 0 Å². The van der Waals surface area contributed by atoms with Gasteiger partial charge in [-0.05, 0) is 44.7 Å². The summed E-state index contributed by atoms with van der Waals surface area (Å²) in [5.74, 6) is 1.86. The second kappa shape index (κ2) is 7.31. The number of nitrogens with zero attached hydrogens (tertiary/aromatic N) is 2. The van der Waals surface area contributed by atoms with Gasteiger partial charge in [0, 0.05) is 23.5 Å². The molecule has 0 radical (unpaired) electrons. The first-order valence-electron chi connectivity index (χ1n) is 6.71. The van der Waals surface area contributed by atoms with E-state index >= 15 is 0 Å². The van der Waals surface area contributed by atoms with Crippen molar-refractivity contribution in [1.29, 1.82) is 0 Å². The Balaban J connectivity index is 1.64. The average molecular weight is 294 g/mol. The quantitative estimate of drug-likeness (QED) is 0.797. The van der Waals surface area contributed by atoms with Gasteiger partial charge < -0.3 is 9.72 Å². The SMILES string of the molecule is Cc1cnc(CN(C)CCCOc2ccc(Cl)cc2)[nH]1. The van der Waals surface area contributed by atoms with Crippen LogP contribution in [0.15, 0.2) is 30.5 Å². The zero-order valence-corrected chi connectivity index (χ0v) is 12.7. The van der Waals surface area contributed by atoms with Crippen LogP contribution in [0.2, 0.25) is 5.02 Å². The zero-order valence-electron chi connectivity index (χ0n) is 11.9. The van der Waals surface area contributed by atoms with E-state index in [1.54, 1.807) is 0 Å². The molecule has 1 heterocycles. The maximum Gasteiger partial charge on any atom is 0.120 e. The molecule has 108 valence electrons. The van der Waals surface area contributed by atoms with E-state index in [4.69, 9.17) is 16.3 Å². The van der Waals surface area contributed by atoms with E-state index in [0.29, 0.717) is 6.61 Å². The van der Waals surface area contributed by atoms with Crippen LogP contribution in [0.25, 0.3) is 0 Å². The van der Waals surface area contributed by atoms with Crippen molar-refractivity contribution >= 4 is 11.6 Å². The van der Waals surface area contributed by atoms with E-state index in [2.05, 4.69) is 21.9 Å². The number of rotatable bonds is 7. The number of aromatic nitrogens is 2. The lowest BCUT2D eigenvalue weighted by molar-refractivity contribution is 0.256. The molecule has 0 aliphatic rings. The summed E-state index contributed by atoms with van der Waals surface area (Å²) >= 11 is 5.82. The third-order valence-electron chi connectivity index (χ3n) is 2.94. The molecule has 0 saturated heterocycles. The van der Waals surface area contributed by atoms with Gasteiger partial charge >= 0.3 is 0 Å². The molecule has 5 heteroatoms. The van der Waals surface area contributed by atoms with E-state index in [1.807, 2.05) is 37.4 Å². The molecular formula is C15H20ClN3O. The van der Waals surface area contributed by atoms with Crippen LogP contribution in [-0.4, -0.2) is 35.1 Å². The molecule has 2 aromatic rings. The fraction of sp³-hybridized carbons (Fsp3) is 0.400. The number of benzene rings is 1. The highest BCUT2D eigenvalue weighted by Gasteiger charge is 2.03. The van der Waals surface area contributed by atoms with Crippen LogP contribution in [0.1, 0.15) is 17.9 Å². The van der Waals surface area contributed by atoms with Gasteiger partial charge in [-0.2, -0.15) is 0 Å². The van der Waals surface area contributed by atoms with Gasteiger partial charge in [-0.25, -0.2) is 4.98 Å². The highest BCUT2D eigenvalue weighted by atomic mass is 35.5. The smallest absolute Gasteiger partial charge is 0.120 e. The van der Waals surface area contributed by atoms with Crippen LogP contribution in [-0.2, 0) is 6.54 Å². The van der Waals surface area contributed by atoms with Gasteiger partial charge in [0.05, 0.1) is 13.2 Å². The van der Waals surface area contributed by atoms with Crippen molar-refractivity contribution in [2.45, 2.75) is 19.9 Å². The van der Waals surface area contributed by atoms with E-state index in [1.165, 1.54) is 0 Å². The third kappa shape index (κ3) is 4.87. The van der Waals surface area contributed by atoms with Gasteiger partial charge in [0.25, 0.3) is 0 Å². The fourth-order valence-corrected chi connectivity index (χ4v) is 2.06. The number of halogens is 1. The van der Waals surface area contributed by atoms with Gasteiger partial charge in [0.2, 0.25) is 0 Å². The molecule has 0 aliphatic heterocycles. The summed E-state index contributed by atoms with van der Waals surface area (Å²) in [6.45, 7) is 4.50. The summed E-state index contributed by atoms with van der Waals surface area (Å²) in [6, 6.07) is 7.44. The molecule has 2 rings (SSSR count). The summed E-state index contributed by atoms with van der Waals surface area (Å²) < 4.78 is 5.66. The van der Waals surface area contributed by atoms with E-state index < -0.39 is 0 Å². The van der Waals surface area contributed by atoms with Crippen molar-refractivity contribution in [2.24, 2.45) is 0 Å². The summed E-state index contributed by atoms with van der Waals surface area (Å²) in [7, 11) is 2.08. The first-order chi connectivity index (χ1) is 9.63. The third-order valence-corrected chi connectivity index (χ3v) is 3.19. The van der Waals surface area contributed by atoms with Gasteiger partial charge in [-0.3, -0.25) is 4.90 Å². The molecule has 4 nitrogen and oxygen atoms in total. The molecular weight excluding hydrogens is 274 g/mol. The Morgan fingerprint density at radius 2 is 2.05 bits per heavy atom. The van der Waals surface area contributed by atoms with E-state index in [-0.39, 0.29) is 0 Å². The lowest BCUT2D eigenvalue weighted by Crippen LogP contribution is -2.21. The molecule has 0 spiro atoms. The Bertz CT molecular complexity index is 524. The van der Waals surface area contributed by atoms with Crippen molar-refractivity contribution in [3.8, 4) is 5.75 Å². The Hall–Kier alpha value is -1.52. The Labute approximate surface area is 124 Å². The minimum absolute atomic E-state index is 0.698. The standard InChI is InChI=1S/C15H20ClN3O/c1-12-10-17-15(18-12)11-19(2)8-3-9-20-14-6-4-13(16)5-7-14/h4-7,10H,3,8-9,11H2,1-2H3,(H,17,18). The second-order valence-corrected chi connectivity index (χ2v) is 5.34. The second-order valence-electron chi connectivity index (χ2n) is 4.91. The van der Waals surface area contributed by atoms with Gasteiger partial charge in [-0.1, -0.05) is 11.6 Å². The number of hydrogen-bond donors (Lipinski definition) is 1. The molecule has 1 aromatic heterocycles. The van der Waals surface area contributed by atoms with Gasteiger partial charge in [0.15, 0.2) is 0 Å². The van der Waals surface area contributed by atoms with Crippen LogP contribution >= 0.6 is 11.6 Å². The molecule has 1 aromatic carbocycles. The number of aromatic amines is 1. The maximum absolute atomic E-state index is 5.82. The largest absolute Gasteiger partial charge is 0.494 e. The molecule has 0 amide bonds. The first kappa shape index (κ1) is 14.9. The molecule has 1 N–H and O–H groups in total. The monoisotopic (exact) mass is 293 g/mol. The molecule has 0 atom stereocenters. The first-order valence-corrected chi connectivity index (χ1v) is 7.08. The lowest BCUT2D eigenvalue weighted by atomic mass is 10.3. The average Bonchev–Trinajstić information content (AvgIpc) is 2.82. The van der Waals surface area contributed by atoms with Crippen molar-refractivity contribution in [3.05, 3.63) is 47.0 Å². The Morgan fingerprint density at radius 1 is 1.30 bits per heavy atom. The fourth-order valence-electron chi connectivity index (χ4n) is 1.94. The highest BCUT2D eigenvalue weighted by molar-refractivity contribution is 6.30. The van der Waals surface area contributed by atoms with Crippen LogP contribution in [0.4, 0.5) is 0 Å². The number of hydrogen-bond acceptors (Lipinski definition) is 3. The summed E-state index contributed by atoms with van der Waals surface area (Å²) in [5.41, 5.74) is 1.10. The predicted octanol–water partition coefficient (Wildman–Crippen LogP) is 3.27. The van der Waals surface area contributed by atoms with Crippen molar-refractivity contribution in [1.82, 2.24) is 14.9 Å². The maximum atomic E-state index is 5.82. The zero-order chi connectivity index (χ0) is 14.4. The van der Waals surface area contributed by atoms with Gasteiger partial charge in [0.1, 0.15) is 11.6 Å². The van der Waals surface area contributed by atoms with Gasteiger partial charge in [-0.15, -0.1) is 0 Å². The lowest BCUT2D eigenvalue weighted by Gasteiger charge is -2.15. The van der Waals surface area contributed by atoms with Crippen molar-refractivity contribution < 1.29 is 4.74 Å². The van der Waals surface area contributed by atoms with E-state index in [0.717, 1.165) is 41.8 Å². The summed E-state index contributed by atoms with van der Waals surface area (Å²) in [6.07, 6.45) is 2.83. The van der Waals surface area contributed by atoms with E-state index in [9.17, 15) is 0 Å². The molecule has 0 unspecified atom stereocenters. The minimum atomic E-state index is 0.698. The number of aryl methyl sites for hydroxylation is 1. The molecule has 20 heavy (non-hydrogen) atoms. The Morgan fingerprint density at radius 3 is 2.70 bits per heavy atom. The Kier molecular flexibility index (Phi) is 5.44. The minimum Gasteiger partial charge on any atom is -0.494 e. The normalized spacial score (nSPS) is 11.0. The molecule has 0 bridgehead atoms. The van der Waals surface area contributed by atoms with Crippen LogP contribution in [0.3, 0.4) is 0 Å². The van der Waals surface area contributed by atoms with Crippen LogP contribution < -0.4 is 4.74 Å².